The molecule has 1 saturated heterocycles. The SMILES string of the molecule is CNC(c1ccc(Cl)c(Cl)c1)C1CNC1. The molecule has 2 rings (SSSR count). The first-order valence-corrected chi connectivity index (χ1v) is 5.81. The van der Waals surface area contributed by atoms with Gasteiger partial charge in [-0.1, -0.05) is 29.3 Å². The summed E-state index contributed by atoms with van der Waals surface area (Å²) in [6, 6.07) is 6.20. The van der Waals surface area contributed by atoms with Gasteiger partial charge in [0.05, 0.1) is 10.0 Å². The zero-order valence-electron chi connectivity index (χ0n) is 8.56. The van der Waals surface area contributed by atoms with Crippen molar-refractivity contribution in [3.05, 3.63) is 33.8 Å². The Kier molecular flexibility index (Phi) is 3.52. The highest BCUT2D eigenvalue weighted by Crippen LogP contribution is 2.30. The van der Waals surface area contributed by atoms with Gasteiger partial charge in [0.15, 0.2) is 0 Å². The first-order chi connectivity index (χ1) is 7.22. The van der Waals surface area contributed by atoms with Gasteiger partial charge in [-0.3, -0.25) is 0 Å². The minimum absolute atomic E-state index is 0.362. The van der Waals surface area contributed by atoms with Crippen molar-refractivity contribution in [1.29, 1.82) is 0 Å². The summed E-state index contributed by atoms with van der Waals surface area (Å²) in [4.78, 5) is 0. The largest absolute Gasteiger partial charge is 0.316 e. The first-order valence-electron chi connectivity index (χ1n) is 5.05. The Morgan fingerprint density at radius 2 is 2.07 bits per heavy atom. The van der Waals surface area contributed by atoms with Crippen LogP contribution in [0.25, 0.3) is 0 Å². The molecule has 1 aliphatic rings. The molecule has 1 aromatic rings. The standard InChI is InChI=1S/C11H14Cl2N2/c1-14-11(8-5-15-6-8)7-2-3-9(12)10(13)4-7/h2-4,8,11,14-15H,5-6H2,1H3. The van der Waals surface area contributed by atoms with Crippen LogP contribution in [-0.4, -0.2) is 20.1 Å². The third kappa shape index (κ3) is 2.28. The van der Waals surface area contributed by atoms with Gasteiger partial charge in [-0.15, -0.1) is 0 Å². The molecule has 1 aromatic carbocycles. The van der Waals surface area contributed by atoms with Crippen LogP contribution in [0.15, 0.2) is 18.2 Å². The molecule has 0 aromatic heterocycles. The van der Waals surface area contributed by atoms with Crippen LogP contribution in [-0.2, 0) is 0 Å². The molecule has 0 aliphatic carbocycles. The quantitative estimate of drug-likeness (QED) is 0.854. The van der Waals surface area contributed by atoms with E-state index in [0.29, 0.717) is 22.0 Å². The van der Waals surface area contributed by atoms with Crippen molar-refractivity contribution in [2.24, 2.45) is 5.92 Å². The van der Waals surface area contributed by atoms with Crippen LogP contribution in [0, 0.1) is 5.92 Å². The van der Waals surface area contributed by atoms with E-state index in [1.807, 2.05) is 25.2 Å². The van der Waals surface area contributed by atoms with Crippen molar-refractivity contribution in [3.8, 4) is 0 Å². The lowest BCUT2D eigenvalue weighted by molar-refractivity contribution is 0.268. The Labute approximate surface area is 100.0 Å². The topological polar surface area (TPSA) is 24.1 Å². The lowest BCUT2D eigenvalue weighted by Crippen LogP contribution is -2.48. The number of hydrogen-bond acceptors (Lipinski definition) is 2. The highest BCUT2D eigenvalue weighted by atomic mass is 35.5. The summed E-state index contributed by atoms with van der Waals surface area (Å²) < 4.78 is 0. The van der Waals surface area contributed by atoms with Crippen LogP contribution in [0.2, 0.25) is 10.0 Å². The van der Waals surface area contributed by atoms with E-state index in [1.165, 1.54) is 5.56 Å². The zero-order chi connectivity index (χ0) is 10.8. The van der Waals surface area contributed by atoms with Crippen LogP contribution in [0.4, 0.5) is 0 Å². The van der Waals surface area contributed by atoms with E-state index in [4.69, 9.17) is 23.2 Å². The van der Waals surface area contributed by atoms with Gasteiger partial charge in [0.25, 0.3) is 0 Å². The molecule has 4 heteroatoms. The molecule has 0 spiro atoms. The molecule has 2 nitrogen and oxygen atoms in total. The maximum atomic E-state index is 6.01. The van der Waals surface area contributed by atoms with Gasteiger partial charge >= 0.3 is 0 Å². The van der Waals surface area contributed by atoms with Crippen LogP contribution >= 0.6 is 23.2 Å². The van der Waals surface area contributed by atoms with Crippen LogP contribution in [0.5, 0.6) is 0 Å². The average molecular weight is 245 g/mol. The molecule has 1 unspecified atom stereocenters. The van der Waals surface area contributed by atoms with Crippen molar-refractivity contribution < 1.29 is 0 Å². The molecular formula is C11H14Cl2N2. The van der Waals surface area contributed by atoms with E-state index in [2.05, 4.69) is 10.6 Å². The summed E-state index contributed by atoms with van der Waals surface area (Å²) >= 11 is 11.9. The Hall–Kier alpha value is -0.280. The third-order valence-electron chi connectivity index (χ3n) is 2.90. The van der Waals surface area contributed by atoms with E-state index < -0.39 is 0 Å². The molecule has 1 aliphatic heterocycles. The fourth-order valence-corrected chi connectivity index (χ4v) is 2.23. The molecule has 1 fully saturated rings. The molecule has 1 heterocycles. The molecule has 0 saturated carbocycles. The minimum Gasteiger partial charge on any atom is -0.316 e. The van der Waals surface area contributed by atoms with E-state index in [-0.39, 0.29) is 0 Å². The zero-order valence-corrected chi connectivity index (χ0v) is 10.1. The summed E-state index contributed by atoms with van der Waals surface area (Å²) in [5, 5.41) is 7.84. The molecule has 82 valence electrons. The fraction of sp³-hybridized carbons (Fsp3) is 0.455. The van der Waals surface area contributed by atoms with Crippen molar-refractivity contribution in [3.63, 3.8) is 0 Å². The number of nitrogens with one attached hydrogen (secondary N) is 2. The Morgan fingerprint density at radius 1 is 1.33 bits per heavy atom. The molecule has 15 heavy (non-hydrogen) atoms. The van der Waals surface area contributed by atoms with Crippen molar-refractivity contribution >= 4 is 23.2 Å². The van der Waals surface area contributed by atoms with Crippen molar-refractivity contribution in [2.75, 3.05) is 20.1 Å². The summed E-state index contributed by atoms with van der Waals surface area (Å²) in [6.07, 6.45) is 0. The molecule has 1 atom stereocenters. The van der Waals surface area contributed by atoms with Crippen molar-refractivity contribution in [1.82, 2.24) is 10.6 Å². The second-order valence-electron chi connectivity index (χ2n) is 3.86. The predicted octanol–water partition coefficient (Wildman–Crippen LogP) is 2.47. The van der Waals surface area contributed by atoms with Gasteiger partial charge < -0.3 is 10.6 Å². The average Bonchev–Trinajstić information content (AvgIpc) is 2.16. The van der Waals surface area contributed by atoms with E-state index in [9.17, 15) is 0 Å². The molecule has 0 radical (unpaired) electrons. The third-order valence-corrected chi connectivity index (χ3v) is 3.64. The van der Waals surface area contributed by atoms with Crippen LogP contribution in [0.1, 0.15) is 11.6 Å². The fourth-order valence-electron chi connectivity index (χ4n) is 1.93. The number of halogens is 2. The normalized spacial score (nSPS) is 18.6. The van der Waals surface area contributed by atoms with E-state index >= 15 is 0 Å². The second kappa shape index (κ2) is 4.71. The minimum atomic E-state index is 0.362. The van der Waals surface area contributed by atoms with Gasteiger partial charge in [0.1, 0.15) is 0 Å². The van der Waals surface area contributed by atoms with E-state index in [0.717, 1.165) is 13.1 Å². The van der Waals surface area contributed by atoms with Gasteiger partial charge in [0, 0.05) is 25.0 Å². The maximum absolute atomic E-state index is 6.01. The number of benzene rings is 1. The molecular weight excluding hydrogens is 231 g/mol. The molecule has 2 N–H and O–H groups in total. The lowest BCUT2D eigenvalue weighted by Gasteiger charge is -2.35. The monoisotopic (exact) mass is 244 g/mol. The van der Waals surface area contributed by atoms with Crippen LogP contribution < -0.4 is 10.6 Å². The molecule has 0 amide bonds. The van der Waals surface area contributed by atoms with Gasteiger partial charge in [-0.05, 0) is 24.7 Å². The number of rotatable bonds is 3. The Balaban J connectivity index is 2.21. The lowest BCUT2D eigenvalue weighted by atomic mass is 9.89. The number of hydrogen-bond donors (Lipinski definition) is 2. The van der Waals surface area contributed by atoms with Crippen molar-refractivity contribution in [2.45, 2.75) is 6.04 Å². The maximum Gasteiger partial charge on any atom is 0.0595 e. The van der Waals surface area contributed by atoms with Gasteiger partial charge in [-0.25, -0.2) is 0 Å². The first kappa shape index (κ1) is 11.2. The molecule has 0 bridgehead atoms. The smallest absolute Gasteiger partial charge is 0.0595 e. The van der Waals surface area contributed by atoms with Gasteiger partial charge in [0.2, 0.25) is 0 Å². The van der Waals surface area contributed by atoms with Gasteiger partial charge in [-0.2, -0.15) is 0 Å². The Bertz CT molecular complexity index is 350. The van der Waals surface area contributed by atoms with E-state index in [1.54, 1.807) is 0 Å². The summed E-state index contributed by atoms with van der Waals surface area (Å²) in [7, 11) is 1.98. The summed E-state index contributed by atoms with van der Waals surface area (Å²) in [6.45, 7) is 2.12. The predicted molar refractivity (Wildman–Crippen MR) is 64.6 cm³/mol. The Morgan fingerprint density at radius 3 is 2.53 bits per heavy atom. The summed E-state index contributed by atoms with van der Waals surface area (Å²) in [5.41, 5.74) is 1.21. The summed E-state index contributed by atoms with van der Waals surface area (Å²) in [5.74, 6) is 0.646. The highest BCUT2D eigenvalue weighted by molar-refractivity contribution is 6.42. The highest BCUT2D eigenvalue weighted by Gasteiger charge is 2.27. The second-order valence-corrected chi connectivity index (χ2v) is 4.67. The van der Waals surface area contributed by atoms with Crippen LogP contribution in [0.3, 0.4) is 0 Å².